The smallest absolute Gasteiger partial charge is 0.261 e. The Kier molecular flexibility index (Phi) is 5.44. The maximum absolute atomic E-state index is 13.0. The Bertz CT molecular complexity index is 1040. The third-order valence-corrected chi connectivity index (χ3v) is 6.85. The van der Waals surface area contributed by atoms with E-state index < -0.39 is 16.1 Å². The highest BCUT2D eigenvalue weighted by Gasteiger charge is 2.33. The highest BCUT2D eigenvalue weighted by atomic mass is 35.5. The highest BCUT2D eigenvalue weighted by molar-refractivity contribution is 7.92. The highest BCUT2D eigenvalue weighted by Crippen LogP contribution is 2.37. The van der Waals surface area contributed by atoms with Gasteiger partial charge in [0.2, 0.25) is 10.0 Å². The zero-order valence-corrected chi connectivity index (χ0v) is 17.7. The normalized spacial score (nSPS) is 21.4. The van der Waals surface area contributed by atoms with Gasteiger partial charge < -0.3 is 10.1 Å². The minimum Gasteiger partial charge on any atom is -0.478 e. The monoisotopic (exact) mass is 434 g/mol. The Morgan fingerprint density at radius 1 is 1.21 bits per heavy atom. The number of hydrogen-bond acceptors (Lipinski definition) is 4. The number of nitrogens with one attached hydrogen (secondary N) is 1. The molecule has 2 atom stereocenters. The SMILES string of the molecule is CS(=O)(=O)N1CCC(C(=O)NC2CCCc3ccccc32)Oc2ccc(Cl)cc21. The van der Waals surface area contributed by atoms with Crippen LogP contribution in [0.15, 0.2) is 42.5 Å². The van der Waals surface area contributed by atoms with E-state index in [1.165, 1.54) is 9.87 Å². The number of carbonyl (C=O) groups excluding carboxylic acids is 1. The first-order valence-electron chi connectivity index (χ1n) is 9.65. The second-order valence-corrected chi connectivity index (χ2v) is 9.84. The van der Waals surface area contributed by atoms with Crippen LogP contribution in [-0.2, 0) is 21.2 Å². The number of benzene rings is 2. The van der Waals surface area contributed by atoms with Crippen molar-refractivity contribution in [1.29, 1.82) is 0 Å². The lowest BCUT2D eigenvalue weighted by molar-refractivity contribution is -0.129. The van der Waals surface area contributed by atoms with E-state index in [4.69, 9.17) is 16.3 Å². The van der Waals surface area contributed by atoms with Crippen molar-refractivity contribution in [2.75, 3.05) is 17.1 Å². The molecule has 154 valence electrons. The molecule has 1 amide bonds. The summed E-state index contributed by atoms with van der Waals surface area (Å²) in [6, 6.07) is 12.9. The molecule has 2 aromatic carbocycles. The van der Waals surface area contributed by atoms with E-state index in [1.807, 2.05) is 12.1 Å². The van der Waals surface area contributed by atoms with E-state index >= 15 is 0 Å². The average Bonchev–Trinajstić information content (AvgIpc) is 2.87. The van der Waals surface area contributed by atoms with Gasteiger partial charge in [0.05, 0.1) is 18.0 Å². The number of fused-ring (bicyclic) bond motifs is 2. The van der Waals surface area contributed by atoms with Gasteiger partial charge in [0.15, 0.2) is 6.10 Å². The summed E-state index contributed by atoms with van der Waals surface area (Å²) in [5.74, 6) is 0.101. The number of hydrogen-bond donors (Lipinski definition) is 1. The van der Waals surface area contributed by atoms with Crippen LogP contribution in [0.2, 0.25) is 5.02 Å². The lowest BCUT2D eigenvalue weighted by atomic mass is 9.87. The van der Waals surface area contributed by atoms with Crippen LogP contribution in [0.5, 0.6) is 5.75 Å². The molecule has 29 heavy (non-hydrogen) atoms. The Labute approximate surface area is 175 Å². The third-order valence-electron chi connectivity index (χ3n) is 5.43. The Morgan fingerprint density at radius 3 is 2.79 bits per heavy atom. The molecule has 0 saturated heterocycles. The van der Waals surface area contributed by atoms with Crippen molar-refractivity contribution >= 4 is 33.2 Å². The first kappa shape index (κ1) is 20.0. The number of sulfonamides is 1. The summed E-state index contributed by atoms with van der Waals surface area (Å²) in [6.45, 7) is 0.144. The molecule has 0 aromatic heterocycles. The summed E-state index contributed by atoms with van der Waals surface area (Å²) in [5.41, 5.74) is 2.76. The number of carbonyl (C=O) groups is 1. The Hall–Kier alpha value is -2.25. The van der Waals surface area contributed by atoms with Crippen molar-refractivity contribution in [2.45, 2.75) is 37.8 Å². The van der Waals surface area contributed by atoms with Crippen LogP contribution in [0.25, 0.3) is 0 Å². The zero-order chi connectivity index (χ0) is 20.6. The standard InChI is InChI=1S/C21H23ClN2O4S/c1-29(26,27)24-12-11-20(28-19-10-9-15(22)13-18(19)24)21(25)23-17-8-4-6-14-5-2-3-7-16(14)17/h2-3,5,7,9-10,13,17,20H,4,6,8,11-12H2,1H3,(H,23,25). The minimum atomic E-state index is -3.53. The molecule has 2 aromatic rings. The van der Waals surface area contributed by atoms with Crippen LogP contribution >= 0.6 is 11.6 Å². The van der Waals surface area contributed by atoms with Gasteiger partial charge in [-0.25, -0.2) is 8.42 Å². The van der Waals surface area contributed by atoms with E-state index in [9.17, 15) is 13.2 Å². The number of amides is 1. The van der Waals surface area contributed by atoms with E-state index in [2.05, 4.69) is 17.4 Å². The lowest BCUT2D eigenvalue weighted by Crippen LogP contribution is -2.42. The number of halogens is 1. The van der Waals surface area contributed by atoms with Crippen LogP contribution in [0, 0.1) is 0 Å². The number of rotatable bonds is 3. The molecular formula is C21H23ClN2O4S. The van der Waals surface area contributed by atoms with Gasteiger partial charge in [-0.3, -0.25) is 9.10 Å². The second kappa shape index (κ2) is 7.88. The van der Waals surface area contributed by atoms with Crippen molar-refractivity contribution in [3.63, 3.8) is 0 Å². The molecule has 1 aliphatic carbocycles. The van der Waals surface area contributed by atoms with Gasteiger partial charge in [-0.1, -0.05) is 35.9 Å². The van der Waals surface area contributed by atoms with Gasteiger partial charge >= 0.3 is 0 Å². The lowest BCUT2D eigenvalue weighted by Gasteiger charge is -2.28. The molecule has 0 fully saturated rings. The van der Waals surface area contributed by atoms with Gasteiger partial charge in [0.1, 0.15) is 5.75 Å². The van der Waals surface area contributed by atoms with E-state index in [1.54, 1.807) is 18.2 Å². The molecule has 4 rings (SSSR count). The number of nitrogens with zero attached hydrogens (tertiary/aromatic N) is 1. The van der Waals surface area contributed by atoms with E-state index in [0.29, 0.717) is 16.5 Å². The van der Waals surface area contributed by atoms with Crippen LogP contribution in [0.1, 0.15) is 36.4 Å². The number of ether oxygens (including phenoxy) is 1. The molecule has 8 heteroatoms. The van der Waals surface area contributed by atoms with Crippen molar-refractivity contribution in [1.82, 2.24) is 5.32 Å². The minimum absolute atomic E-state index is 0.0602. The predicted molar refractivity (Wildman–Crippen MR) is 113 cm³/mol. The fourth-order valence-corrected chi connectivity index (χ4v) is 5.15. The molecule has 0 saturated carbocycles. The first-order chi connectivity index (χ1) is 13.8. The molecule has 1 aliphatic heterocycles. The first-order valence-corrected chi connectivity index (χ1v) is 11.9. The van der Waals surface area contributed by atoms with Gasteiger partial charge in [0, 0.05) is 18.0 Å². The van der Waals surface area contributed by atoms with Crippen LogP contribution in [0.4, 0.5) is 5.69 Å². The van der Waals surface area contributed by atoms with Crippen molar-refractivity contribution in [2.24, 2.45) is 0 Å². The average molecular weight is 435 g/mol. The van der Waals surface area contributed by atoms with Gasteiger partial charge in [-0.05, 0) is 48.6 Å². The van der Waals surface area contributed by atoms with Crippen LogP contribution < -0.4 is 14.4 Å². The largest absolute Gasteiger partial charge is 0.478 e. The van der Waals surface area contributed by atoms with Crippen molar-refractivity contribution < 1.29 is 17.9 Å². The fourth-order valence-electron chi connectivity index (χ4n) is 4.05. The fraction of sp³-hybridized carbons (Fsp3) is 0.381. The molecule has 1 heterocycles. The summed E-state index contributed by atoms with van der Waals surface area (Å²) < 4.78 is 31.7. The zero-order valence-electron chi connectivity index (χ0n) is 16.1. The molecule has 2 unspecified atom stereocenters. The molecular weight excluding hydrogens is 412 g/mol. The quantitative estimate of drug-likeness (QED) is 0.802. The second-order valence-electron chi connectivity index (χ2n) is 7.49. The van der Waals surface area contributed by atoms with Crippen LogP contribution in [0.3, 0.4) is 0 Å². The molecule has 0 radical (unpaired) electrons. The predicted octanol–water partition coefficient (Wildman–Crippen LogP) is 3.45. The number of anilines is 1. The van der Waals surface area contributed by atoms with Crippen LogP contribution in [-0.4, -0.2) is 33.2 Å². The Balaban J connectivity index is 1.57. The summed E-state index contributed by atoms with van der Waals surface area (Å²) >= 11 is 6.06. The van der Waals surface area contributed by atoms with E-state index in [-0.39, 0.29) is 24.9 Å². The Morgan fingerprint density at radius 2 is 2.00 bits per heavy atom. The molecule has 6 nitrogen and oxygen atoms in total. The van der Waals surface area contributed by atoms with E-state index in [0.717, 1.165) is 31.1 Å². The summed E-state index contributed by atoms with van der Waals surface area (Å²) in [4.78, 5) is 13.0. The third kappa shape index (κ3) is 4.21. The molecule has 0 bridgehead atoms. The summed E-state index contributed by atoms with van der Waals surface area (Å²) in [6.07, 6.45) is 3.50. The van der Waals surface area contributed by atoms with Crippen molar-refractivity contribution in [3.05, 3.63) is 58.6 Å². The van der Waals surface area contributed by atoms with Gasteiger partial charge in [0.25, 0.3) is 5.91 Å². The maximum atomic E-state index is 13.0. The molecule has 2 aliphatic rings. The molecule has 0 spiro atoms. The van der Waals surface area contributed by atoms with Crippen molar-refractivity contribution in [3.8, 4) is 5.75 Å². The molecule has 1 N–H and O–H groups in total. The summed E-state index contributed by atoms with van der Waals surface area (Å²) in [7, 11) is -3.53. The maximum Gasteiger partial charge on any atom is 0.261 e. The van der Waals surface area contributed by atoms with Gasteiger partial charge in [-0.2, -0.15) is 0 Å². The number of aryl methyl sites for hydroxylation is 1. The topological polar surface area (TPSA) is 75.7 Å². The van der Waals surface area contributed by atoms with Gasteiger partial charge in [-0.15, -0.1) is 0 Å². The summed E-state index contributed by atoms with van der Waals surface area (Å²) in [5, 5.41) is 3.52.